The molecular weight excluding hydrogens is 346 g/mol. The van der Waals surface area contributed by atoms with Gasteiger partial charge in [-0.25, -0.2) is 0 Å². The molecule has 0 radical (unpaired) electrons. The molecule has 2 heterocycles. The smallest absolute Gasteiger partial charge is 0.128 e. The van der Waals surface area contributed by atoms with Crippen LogP contribution in [0.5, 0.6) is 5.75 Å². The van der Waals surface area contributed by atoms with Crippen molar-refractivity contribution in [3.63, 3.8) is 0 Å². The third-order valence-corrected chi connectivity index (χ3v) is 4.91. The Morgan fingerprint density at radius 3 is 2.82 bits per heavy atom. The van der Waals surface area contributed by atoms with Gasteiger partial charge in [-0.1, -0.05) is 24.3 Å². The van der Waals surface area contributed by atoms with Gasteiger partial charge in [0.25, 0.3) is 0 Å². The van der Waals surface area contributed by atoms with Crippen molar-refractivity contribution in [2.24, 2.45) is 0 Å². The van der Waals surface area contributed by atoms with E-state index in [1.807, 2.05) is 49.4 Å². The van der Waals surface area contributed by atoms with E-state index in [-0.39, 0.29) is 0 Å². The maximum Gasteiger partial charge on any atom is 0.128 e. The molecular formula is C24H25N3O. The van der Waals surface area contributed by atoms with Crippen molar-refractivity contribution in [1.82, 2.24) is 9.88 Å². The Morgan fingerprint density at radius 2 is 2.00 bits per heavy atom. The Hall–Kier alpha value is -3.27. The van der Waals surface area contributed by atoms with Crippen LogP contribution in [0.2, 0.25) is 0 Å². The lowest BCUT2D eigenvalue weighted by atomic mass is 10.0. The molecule has 142 valence electrons. The molecule has 1 aliphatic rings. The number of hydrogen-bond donors (Lipinski definition) is 1. The maximum absolute atomic E-state index is 6.05. The van der Waals surface area contributed by atoms with Crippen molar-refractivity contribution in [3.8, 4) is 5.75 Å². The highest BCUT2D eigenvalue weighted by Gasteiger charge is 2.08. The lowest BCUT2D eigenvalue weighted by Gasteiger charge is -2.23. The lowest BCUT2D eigenvalue weighted by molar-refractivity contribution is 0.265. The van der Waals surface area contributed by atoms with Crippen LogP contribution >= 0.6 is 0 Å². The zero-order valence-corrected chi connectivity index (χ0v) is 16.1. The molecule has 0 atom stereocenters. The Labute approximate surface area is 166 Å². The van der Waals surface area contributed by atoms with E-state index < -0.39 is 0 Å². The Kier molecular flexibility index (Phi) is 5.29. The van der Waals surface area contributed by atoms with E-state index in [2.05, 4.69) is 40.4 Å². The largest absolute Gasteiger partial charge is 0.491 e. The Balaban J connectivity index is 1.30. The summed E-state index contributed by atoms with van der Waals surface area (Å²) in [5, 5.41) is 1.06. The Morgan fingerprint density at radius 1 is 1.11 bits per heavy atom. The van der Waals surface area contributed by atoms with E-state index in [1.165, 1.54) is 11.1 Å². The van der Waals surface area contributed by atoms with Gasteiger partial charge in [-0.05, 0) is 73.2 Å². The molecule has 0 fully saturated rings. The normalized spacial score (nSPS) is 13.6. The molecule has 28 heavy (non-hydrogen) atoms. The van der Waals surface area contributed by atoms with Gasteiger partial charge in [0.1, 0.15) is 12.4 Å². The van der Waals surface area contributed by atoms with Crippen LogP contribution in [0.1, 0.15) is 11.3 Å². The number of pyridine rings is 1. The van der Waals surface area contributed by atoms with E-state index in [9.17, 15) is 0 Å². The lowest BCUT2D eigenvalue weighted by Crippen LogP contribution is -2.25. The molecule has 2 aromatic carbocycles. The van der Waals surface area contributed by atoms with Crippen LogP contribution in [0, 0.1) is 6.92 Å². The first-order valence-corrected chi connectivity index (χ1v) is 9.62. The highest BCUT2D eigenvalue weighted by Crippen LogP contribution is 2.24. The average Bonchev–Trinajstić information content (AvgIpc) is 2.69. The first-order valence-electron chi connectivity index (χ1n) is 9.62. The number of nitrogens with two attached hydrogens (primary N) is 1. The van der Waals surface area contributed by atoms with Gasteiger partial charge in [-0.15, -0.1) is 0 Å². The maximum atomic E-state index is 6.05. The summed E-state index contributed by atoms with van der Waals surface area (Å²) in [6, 6.07) is 18.2. The van der Waals surface area contributed by atoms with Crippen molar-refractivity contribution >= 4 is 16.6 Å². The van der Waals surface area contributed by atoms with Crippen LogP contribution in [0.4, 0.5) is 5.69 Å². The fourth-order valence-electron chi connectivity index (χ4n) is 3.43. The predicted octanol–water partition coefficient (Wildman–Crippen LogP) is 4.50. The van der Waals surface area contributed by atoms with Gasteiger partial charge in [-0.2, -0.15) is 0 Å². The van der Waals surface area contributed by atoms with Gasteiger partial charge < -0.3 is 15.4 Å². The third kappa shape index (κ3) is 4.34. The monoisotopic (exact) mass is 371 g/mol. The first-order chi connectivity index (χ1) is 13.7. The van der Waals surface area contributed by atoms with Gasteiger partial charge >= 0.3 is 0 Å². The van der Waals surface area contributed by atoms with Crippen molar-refractivity contribution in [3.05, 3.63) is 89.8 Å². The number of nitrogens with zero attached hydrogens (tertiary/aromatic N) is 2. The van der Waals surface area contributed by atoms with Crippen LogP contribution in [0.3, 0.4) is 0 Å². The zero-order valence-electron chi connectivity index (χ0n) is 16.1. The SMILES string of the molecule is Cc1ccc2c(OCCN3C=CC(Cc4cccc(N)c4)=CC3)cccc2n1. The van der Waals surface area contributed by atoms with Crippen LogP contribution in [0.25, 0.3) is 10.9 Å². The Bertz CT molecular complexity index is 1040. The molecule has 0 amide bonds. The van der Waals surface area contributed by atoms with Crippen LogP contribution in [0.15, 0.2) is 78.5 Å². The molecule has 4 heteroatoms. The van der Waals surface area contributed by atoms with Gasteiger partial charge in [0.15, 0.2) is 0 Å². The number of allylic oxidation sites excluding steroid dienone is 2. The van der Waals surface area contributed by atoms with Crippen molar-refractivity contribution in [2.45, 2.75) is 13.3 Å². The molecule has 1 aromatic heterocycles. The summed E-state index contributed by atoms with van der Waals surface area (Å²) in [6.07, 6.45) is 7.51. The minimum atomic E-state index is 0.635. The highest BCUT2D eigenvalue weighted by atomic mass is 16.5. The molecule has 0 saturated heterocycles. The second-order valence-electron chi connectivity index (χ2n) is 7.14. The summed E-state index contributed by atoms with van der Waals surface area (Å²) in [7, 11) is 0. The fraction of sp³-hybridized carbons (Fsp3) is 0.208. The molecule has 0 spiro atoms. The quantitative estimate of drug-likeness (QED) is 0.648. The second kappa shape index (κ2) is 8.17. The number of hydrogen-bond acceptors (Lipinski definition) is 4. The van der Waals surface area contributed by atoms with E-state index in [0.29, 0.717) is 6.61 Å². The van der Waals surface area contributed by atoms with E-state index in [0.717, 1.165) is 47.5 Å². The predicted molar refractivity (Wildman–Crippen MR) is 115 cm³/mol. The number of anilines is 1. The van der Waals surface area contributed by atoms with Crippen LogP contribution in [-0.2, 0) is 6.42 Å². The summed E-state index contributed by atoms with van der Waals surface area (Å²) >= 11 is 0. The zero-order chi connectivity index (χ0) is 19.3. The van der Waals surface area contributed by atoms with Crippen molar-refractivity contribution in [1.29, 1.82) is 0 Å². The summed E-state index contributed by atoms with van der Waals surface area (Å²) in [5.74, 6) is 0.892. The molecule has 0 unspecified atom stereocenters. The average molecular weight is 371 g/mol. The fourth-order valence-corrected chi connectivity index (χ4v) is 3.43. The minimum Gasteiger partial charge on any atom is -0.491 e. The third-order valence-electron chi connectivity index (χ3n) is 4.91. The van der Waals surface area contributed by atoms with Crippen LogP contribution < -0.4 is 10.5 Å². The first kappa shape index (κ1) is 18.1. The molecule has 4 rings (SSSR count). The standard InChI is InChI=1S/C24H25N3O/c1-18-8-9-22-23(26-18)6-3-7-24(22)28-15-14-27-12-10-19(11-13-27)16-20-4-2-5-21(25)17-20/h2-12,17H,13-16,25H2,1H3. The number of aromatic nitrogens is 1. The number of benzene rings is 2. The van der Waals surface area contributed by atoms with Gasteiger partial charge in [0, 0.05) is 23.3 Å². The molecule has 0 saturated carbocycles. The number of fused-ring (bicyclic) bond motifs is 1. The van der Waals surface area contributed by atoms with Crippen molar-refractivity contribution in [2.75, 3.05) is 25.4 Å². The number of ether oxygens (including phenoxy) is 1. The summed E-state index contributed by atoms with van der Waals surface area (Å²) < 4.78 is 6.05. The van der Waals surface area contributed by atoms with Crippen molar-refractivity contribution < 1.29 is 4.74 Å². The molecule has 2 N–H and O–H groups in total. The molecule has 1 aliphatic heterocycles. The molecule has 0 bridgehead atoms. The van der Waals surface area contributed by atoms with Gasteiger partial charge in [-0.3, -0.25) is 4.98 Å². The van der Waals surface area contributed by atoms with Gasteiger partial charge in [0.05, 0.1) is 12.1 Å². The number of nitrogen functional groups attached to an aromatic ring is 1. The van der Waals surface area contributed by atoms with E-state index >= 15 is 0 Å². The minimum absolute atomic E-state index is 0.635. The summed E-state index contributed by atoms with van der Waals surface area (Å²) in [5.41, 5.74) is 11.2. The molecule has 4 nitrogen and oxygen atoms in total. The summed E-state index contributed by atoms with van der Waals surface area (Å²) in [4.78, 5) is 6.83. The second-order valence-corrected chi connectivity index (χ2v) is 7.14. The van der Waals surface area contributed by atoms with Gasteiger partial charge in [0.2, 0.25) is 0 Å². The topological polar surface area (TPSA) is 51.4 Å². The number of rotatable bonds is 6. The number of aryl methyl sites for hydroxylation is 1. The summed E-state index contributed by atoms with van der Waals surface area (Å²) in [6.45, 7) is 4.38. The van der Waals surface area contributed by atoms with E-state index in [4.69, 9.17) is 10.5 Å². The van der Waals surface area contributed by atoms with E-state index in [1.54, 1.807) is 0 Å². The van der Waals surface area contributed by atoms with Crippen LogP contribution in [-0.4, -0.2) is 29.6 Å². The molecule has 0 aliphatic carbocycles. The highest BCUT2D eigenvalue weighted by molar-refractivity contribution is 5.85. The molecule has 3 aromatic rings.